The number of carboxylic acid groups (broad SMARTS) is 2. The van der Waals surface area contributed by atoms with Gasteiger partial charge in [0, 0.05) is 17.4 Å². The molecule has 0 heterocycles. The number of aliphatic carboxylic acids is 2. The molecule has 0 aromatic carbocycles. The molecular formula is C19H34O4S2-2. The van der Waals surface area contributed by atoms with Crippen LogP contribution in [-0.4, -0.2) is 23.4 Å². The first-order valence-corrected chi connectivity index (χ1v) is 10.9. The molecule has 0 atom stereocenters. The van der Waals surface area contributed by atoms with Gasteiger partial charge in [-0.15, -0.1) is 0 Å². The van der Waals surface area contributed by atoms with Crippen molar-refractivity contribution < 1.29 is 19.8 Å². The Morgan fingerprint density at radius 3 is 1.40 bits per heavy atom. The zero-order valence-electron chi connectivity index (χ0n) is 15.3. The zero-order valence-corrected chi connectivity index (χ0v) is 17.1. The van der Waals surface area contributed by atoms with E-state index in [1.54, 1.807) is 0 Å². The Balaban J connectivity index is 4.48. The highest BCUT2D eigenvalue weighted by molar-refractivity contribution is 7.80. The third-order valence-corrected chi connectivity index (χ3v) is 5.50. The Morgan fingerprint density at radius 2 is 1.04 bits per heavy atom. The quantitative estimate of drug-likeness (QED) is 0.279. The molecule has 148 valence electrons. The third kappa shape index (κ3) is 12.6. The van der Waals surface area contributed by atoms with Gasteiger partial charge in [0.1, 0.15) is 0 Å². The predicted octanol–water partition coefficient (Wildman–Crippen LogP) is 2.79. The summed E-state index contributed by atoms with van der Waals surface area (Å²) in [5.41, 5.74) is -1.02. The lowest BCUT2D eigenvalue weighted by molar-refractivity contribution is -0.321. The summed E-state index contributed by atoms with van der Waals surface area (Å²) in [5, 5.41) is 22.6. The van der Waals surface area contributed by atoms with Crippen molar-refractivity contribution in [3.63, 3.8) is 0 Å². The van der Waals surface area contributed by atoms with E-state index in [9.17, 15) is 19.8 Å². The van der Waals surface area contributed by atoms with Gasteiger partial charge < -0.3 is 19.8 Å². The van der Waals surface area contributed by atoms with Crippen molar-refractivity contribution in [3.05, 3.63) is 0 Å². The molecule has 0 saturated carbocycles. The van der Waals surface area contributed by atoms with Crippen LogP contribution in [0.25, 0.3) is 0 Å². The van der Waals surface area contributed by atoms with Gasteiger partial charge in [-0.3, -0.25) is 0 Å². The van der Waals surface area contributed by atoms with E-state index in [-0.39, 0.29) is 12.8 Å². The van der Waals surface area contributed by atoms with E-state index < -0.39 is 17.4 Å². The Labute approximate surface area is 164 Å². The molecule has 0 aliphatic heterocycles. The van der Waals surface area contributed by atoms with Gasteiger partial charge in [-0.1, -0.05) is 51.4 Å². The standard InChI is InChI=1S/C19H36O4S2/c20-17(21)11-14-19(18(22)23,12-7-3-1-5-9-15-24)13-8-4-2-6-10-16-25/h24-25H,1-16H2,(H,20,21)(H,22,23)/p-2. The molecule has 0 fully saturated rings. The van der Waals surface area contributed by atoms with Crippen LogP contribution in [-0.2, 0) is 9.59 Å². The van der Waals surface area contributed by atoms with Crippen LogP contribution in [0, 0.1) is 5.41 Å². The summed E-state index contributed by atoms with van der Waals surface area (Å²) in [6, 6.07) is 0. The molecule has 0 aliphatic rings. The van der Waals surface area contributed by atoms with E-state index in [2.05, 4.69) is 25.3 Å². The summed E-state index contributed by atoms with van der Waals surface area (Å²) >= 11 is 8.36. The average Bonchev–Trinajstić information content (AvgIpc) is 2.57. The maximum atomic E-state index is 11.8. The highest BCUT2D eigenvalue weighted by atomic mass is 32.1. The molecule has 0 rings (SSSR count). The smallest absolute Gasteiger partial charge is 0.0476 e. The number of hydrogen-bond acceptors (Lipinski definition) is 6. The summed E-state index contributed by atoms with van der Waals surface area (Å²) in [6.07, 6.45) is 10.9. The molecule has 0 unspecified atom stereocenters. The van der Waals surface area contributed by atoms with Crippen molar-refractivity contribution >= 4 is 37.2 Å². The van der Waals surface area contributed by atoms with Gasteiger partial charge in [0.25, 0.3) is 0 Å². The summed E-state index contributed by atoms with van der Waals surface area (Å²) in [5.74, 6) is -0.531. The second-order valence-electron chi connectivity index (χ2n) is 6.92. The number of rotatable bonds is 18. The number of carbonyl (C=O) groups excluding carboxylic acids is 2. The average molecular weight is 391 g/mol. The van der Waals surface area contributed by atoms with Gasteiger partial charge in [-0.05, 0) is 50.0 Å². The van der Waals surface area contributed by atoms with Crippen LogP contribution < -0.4 is 10.2 Å². The van der Waals surface area contributed by atoms with Crippen molar-refractivity contribution in [2.24, 2.45) is 5.41 Å². The monoisotopic (exact) mass is 390 g/mol. The topological polar surface area (TPSA) is 80.3 Å². The van der Waals surface area contributed by atoms with Crippen molar-refractivity contribution in [1.82, 2.24) is 0 Å². The molecule has 0 amide bonds. The predicted molar refractivity (Wildman–Crippen MR) is 105 cm³/mol. The summed E-state index contributed by atoms with van der Waals surface area (Å²) in [4.78, 5) is 22.6. The van der Waals surface area contributed by atoms with Crippen LogP contribution in [0.1, 0.15) is 89.9 Å². The van der Waals surface area contributed by atoms with Crippen LogP contribution in [0.4, 0.5) is 0 Å². The fraction of sp³-hybridized carbons (Fsp3) is 0.895. The van der Waals surface area contributed by atoms with Crippen molar-refractivity contribution in [3.8, 4) is 0 Å². The normalized spacial score (nSPS) is 11.6. The molecule has 0 N–H and O–H groups in total. The van der Waals surface area contributed by atoms with Crippen LogP contribution in [0.5, 0.6) is 0 Å². The minimum Gasteiger partial charge on any atom is -0.550 e. The van der Waals surface area contributed by atoms with Gasteiger partial charge >= 0.3 is 0 Å². The van der Waals surface area contributed by atoms with Crippen molar-refractivity contribution in [2.45, 2.75) is 89.9 Å². The number of hydrogen-bond donors (Lipinski definition) is 2. The molecule has 6 heteroatoms. The van der Waals surface area contributed by atoms with Crippen molar-refractivity contribution in [1.29, 1.82) is 0 Å². The molecule has 0 aliphatic carbocycles. The van der Waals surface area contributed by atoms with Gasteiger partial charge in [0.05, 0.1) is 0 Å². The second kappa shape index (κ2) is 15.9. The van der Waals surface area contributed by atoms with Crippen LogP contribution in [0.3, 0.4) is 0 Å². The van der Waals surface area contributed by atoms with Gasteiger partial charge in [-0.25, -0.2) is 0 Å². The molecule has 0 bridgehead atoms. The Morgan fingerprint density at radius 1 is 0.640 bits per heavy atom. The van der Waals surface area contributed by atoms with E-state index >= 15 is 0 Å². The first kappa shape index (κ1) is 24.6. The Hall–Kier alpha value is -0.360. The molecule has 0 aromatic rings. The zero-order chi connectivity index (χ0) is 19.0. The number of carboxylic acids is 2. The van der Waals surface area contributed by atoms with E-state index in [1.807, 2.05) is 0 Å². The molecular weight excluding hydrogens is 356 g/mol. The maximum absolute atomic E-state index is 11.8. The maximum Gasteiger partial charge on any atom is 0.0476 e. The number of unbranched alkanes of at least 4 members (excludes halogenated alkanes) is 8. The van der Waals surface area contributed by atoms with Crippen molar-refractivity contribution in [2.75, 3.05) is 11.5 Å². The highest BCUT2D eigenvalue weighted by Gasteiger charge is 2.30. The fourth-order valence-electron chi connectivity index (χ4n) is 3.23. The largest absolute Gasteiger partial charge is 0.550 e. The van der Waals surface area contributed by atoms with E-state index in [1.165, 1.54) is 0 Å². The first-order chi connectivity index (χ1) is 12.0. The summed E-state index contributed by atoms with van der Waals surface area (Å²) in [7, 11) is 0. The molecule has 0 saturated heterocycles. The van der Waals surface area contributed by atoms with Crippen LogP contribution >= 0.6 is 25.3 Å². The molecule has 4 nitrogen and oxygen atoms in total. The number of thiol groups is 2. The van der Waals surface area contributed by atoms with Gasteiger partial charge in [0.2, 0.25) is 0 Å². The second-order valence-corrected chi connectivity index (χ2v) is 7.82. The SMILES string of the molecule is O=C([O-])CCC(CCCCCCCS)(CCCCCCCS)C(=O)[O-]. The number of carbonyl (C=O) groups is 2. The fourth-order valence-corrected chi connectivity index (χ4v) is 3.68. The third-order valence-electron chi connectivity index (χ3n) is 4.87. The van der Waals surface area contributed by atoms with Crippen LogP contribution in [0.15, 0.2) is 0 Å². The lowest BCUT2D eigenvalue weighted by Crippen LogP contribution is -2.43. The first-order valence-electron chi connectivity index (χ1n) is 9.61. The Kier molecular flexibility index (Phi) is 15.6. The lowest BCUT2D eigenvalue weighted by atomic mass is 9.74. The summed E-state index contributed by atoms with van der Waals surface area (Å²) in [6.45, 7) is 0. The minimum atomic E-state index is -1.19. The van der Waals surface area contributed by atoms with E-state index in [0.717, 1.165) is 75.7 Å². The Bertz CT molecular complexity index is 345. The van der Waals surface area contributed by atoms with E-state index in [0.29, 0.717) is 12.8 Å². The molecule has 0 radical (unpaired) electrons. The van der Waals surface area contributed by atoms with E-state index in [4.69, 9.17) is 0 Å². The molecule has 0 spiro atoms. The lowest BCUT2D eigenvalue weighted by Gasteiger charge is -2.35. The van der Waals surface area contributed by atoms with Crippen LogP contribution in [0.2, 0.25) is 0 Å². The van der Waals surface area contributed by atoms with Gasteiger partial charge in [-0.2, -0.15) is 25.3 Å². The molecule has 25 heavy (non-hydrogen) atoms. The summed E-state index contributed by atoms with van der Waals surface area (Å²) < 4.78 is 0. The molecule has 0 aromatic heterocycles. The highest BCUT2D eigenvalue weighted by Crippen LogP contribution is 2.36. The van der Waals surface area contributed by atoms with Gasteiger partial charge in [0.15, 0.2) is 0 Å². The minimum absolute atomic E-state index is 0.116.